The van der Waals surface area contributed by atoms with Crippen molar-refractivity contribution in [3.05, 3.63) is 65.4 Å². The van der Waals surface area contributed by atoms with Gasteiger partial charge in [-0.05, 0) is 37.0 Å². The van der Waals surface area contributed by atoms with Crippen molar-refractivity contribution in [3.8, 4) is 0 Å². The number of rotatable bonds is 1. The monoisotopic (exact) mass is 428 g/mol. The highest BCUT2D eigenvalue weighted by Crippen LogP contribution is 2.51. The molecule has 3 aliphatic rings. The van der Waals surface area contributed by atoms with Gasteiger partial charge in [0.2, 0.25) is 0 Å². The first-order valence-corrected chi connectivity index (χ1v) is 11.7. The molecular weight excluding hydrogens is 400 g/mol. The van der Waals surface area contributed by atoms with E-state index in [2.05, 4.69) is 16.4 Å². The molecule has 2 N–H and O–H groups in total. The van der Waals surface area contributed by atoms with Gasteiger partial charge in [0.05, 0.1) is 5.69 Å². The number of aromatic nitrogens is 1. The Morgan fingerprint density at radius 2 is 1.81 bits per heavy atom. The molecule has 3 amide bonds. The number of H-pyrrole nitrogens is 1. The summed E-state index contributed by atoms with van der Waals surface area (Å²) in [6, 6.07) is 16.1. The Morgan fingerprint density at radius 3 is 2.66 bits per heavy atom. The summed E-state index contributed by atoms with van der Waals surface area (Å²) in [5.74, 6) is -0.0787. The summed E-state index contributed by atoms with van der Waals surface area (Å²) in [5.41, 5.74) is 3.55. The fourth-order valence-corrected chi connectivity index (χ4v) is 6.09. The summed E-state index contributed by atoms with van der Waals surface area (Å²) < 4.78 is 0. The molecule has 3 heterocycles. The highest BCUT2D eigenvalue weighted by molar-refractivity contribution is 6.12. The van der Waals surface area contributed by atoms with Crippen molar-refractivity contribution >= 4 is 28.5 Å². The first kappa shape index (κ1) is 19.4. The van der Waals surface area contributed by atoms with Gasteiger partial charge in [0.1, 0.15) is 0 Å². The van der Waals surface area contributed by atoms with Crippen molar-refractivity contribution in [2.45, 2.75) is 50.1 Å². The average molecular weight is 429 g/mol. The fraction of sp³-hybridized carbons (Fsp3) is 0.385. The predicted octanol–water partition coefficient (Wildman–Crippen LogP) is 4.29. The number of hydrogen-bond donors (Lipinski definition) is 2. The number of carbonyl (C=O) groups is 2. The SMILES string of the molecule is CN1C(=O)[C@]2(c3ccccc31)c1[nH]c3ccccc3c1CCN2C(=O)NC1CCCCC1. The molecule has 0 bridgehead atoms. The first-order chi connectivity index (χ1) is 15.6. The van der Waals surface area contributed by atoms with Crippen LogP contribution < -0.4 is 10.2 Å². The number of carbonyl (C=O) groups excluding carboxylic acids is 2. The summed E-state index contributed by atoms with van der Waals surface area (Å²) in [4.78, 5) is 34.9. The zero-order valence-corrected chi connectivity index (χ0v) is 18.4. The van der Waals surface area contributed by atoms with Gasteiger partial charge in [-0.3, -0.25) is 4.79 Å². The number of hydrogen-bond acceptors (Lipinski definition) is 2. The second-order valence-corrected chi connectivity index (χ2v) is 9.30. The number of anilines is 1. The number of aromatic amines is 1. The zero-order chi connectivity index (χ0) is 21.9. The minimum absolute atomic E-state index is 0.0787. The third kappa shape index (κ3) is 2.52. The summed E-state index contributed by atoms with van der Waals surface area (Å²) in [6.45, 7) is 0.501. The molecule has 1 aromatic heterocycles. The molecule has 3 aromatic rings. The van der Waals surface area contributed by atoms with E-state index in [9.17, 15) is 9.59 Å². The number of nitrogens with one attached hydrogen (secondary N) is 2. The highest BCUT2D eigenvalue weighted by Gasteiger charge is 2.60. The van der Waals surface area contributed by atoms with E-state index in [0.29, 0.717) is 6.54 Å². The van der Waals surface area contributed by atoms with Crippen LogP contribution in [0.4, 0.5) is 10.5 Å². The molecule has 1 fully saturated rings. The predicted molar refractivity (Wildman–Crippen MR) is 125 cm³/mol. The molecule has 1 atom stereocenters. The van der Waals surface area contributed by atoms with E-state index in [1.807, 2.05) is 49.5 Å². The average Bonchev–Trinajstić information content (AvgIpc) is 3.31. The van der Waals surface area contributed by atoms with Crippen LogP contribution in [0.3, 0.4) is 0 Å². The van der Waals surface area contributed by atoms with E-state index >= 15 is 0 Å². The van der Waals surface area contributed by atoms with Crippen molar-refractivity contribution in [2.75, 3.05) is 18.5 Å². The van der Waals surface area contributed by atoms with Crippen molar-refractivity contribution in [2.24, 2.45) is 0 Å². The van der Waals surface area contributed by atoms with E-state index in [1.54, 1.807) is 9.80 Å². The first-order valence-electron chi connectivity index (χ1n) is 11.7. The lowest BCUT2D eigenvalue weighted by Crippen LogP contribution is -2.62. The maximum absolute atomic E-state index is 14.1. The van der Waals surface area contributed by atoms with E-state index in [1.165, 1.54) is 6.42 Å². The van der Waals surface area contributed by atoms with Gasteiger partial charge in [0, 0.05) is 41.8 Å². The summed E-state index contributed by atoms with van der Waals surface area (Å²) >= 11 is 0. The molecule has 6 rings (SSSR count). The fourth-order valence-electron chi connectivity index (χ4n) is 6.09. The number of nitrogens with zero attached hydrogens (tertiary/aromatic N) is 2. The van der Waals surface area contributed by atoms with Crippen LogP contribution in [-0.2, 0) is 16.8 Å². The molecule has 6 heteroatoms. The molecule has 164 valence electrons. The lowest BCUT2D eigenvalue weighted by atomic mass is 9.80. The van der Waals surface area contributed by atoms with Crippen molar-refractivity contribution < 1.29 is 9.59 Å². The van der Waals surface area contributed by atoms with Crippen LogP contribution in [0.2, 0.25) is 0 Å². The second kappa shape index (κ2) is 7.12. The molecule has 1 saturated carbocycles. The Bertz CT molecular complexity index is 1230. The summed E-state index contributed by atoms with van der Waals surface area (Å²) in [5, 5.41) is 4.41. The van der Waals surface area contributed by atoms with Gasteiger partial charge in [-0.15, -0.1) is 0 Å². The molecule has 0 saturated heterocycles. The maximum Gasteiger partial charge on any atom is 0.319 e. The molecule has 0 unspecified atom stereocenters. The molecule has 1 spiro atoms. The number of amides is 3. The van der Waals surface area contributed by atoms with Crippen molar-refractivity contribution in [3.63, 3.8) is 0 Å². The Morgan fingerprint density at radius 1 is 1.06 bits per heavy atom. The Kier molecular flexibility index (Phi) is 4.32. The van der Waals surface area contributed by atoms with Gasteiger partial charge in [0.15, 0.2) is 5.54 Å². The summed E-state index contributed by atoms with van der Waals surface area (Å²) in [6.07, 6.45) is 6.26. The van der Waals surface area contributed by atoms with Crippen LogP contribution in [0.1, 0.15) is 48.9 Å². The Hall–Kier alpha value is -3.28. The Labute approximate surface area is 187 Å². The quantitative estimate of drug-likeness (QED) is 0.607. The van der Waals surface area contributed by atoms with Crippen LogP contribution >= 0.6 is 0 Å². The molecular formula is C26H28N4O2. The standard InChI is InChI=1S/C26H28N4O2/c1-29-22-14-8-6-12-20(22)26(24(29)31)23-19(18-11-5-7-13-21(18)28-23)15-16-30(26)25(32)27-17-9-3-2-4-10-17/h5-8,11-14,17,28H,2-4,9-10,15-16H2,1H3,(H,27,32)/t26-/m0/s1. The maximum atomic E-state index is 14.1. The highest BCUT2D eigenvalue weighted by atomic mass is 16.2. The van der Waals surface area contributed by atoms with Crippen LogP contribution in [0.5, 0.6) is 0 Å². The molecule has 32 heavy (non-hydrogen) atoms. The third-order valence-corrected chi connectivity index (χ3v) is 7.61. The number of likely N-dealkylation sites (N-methyl/N-ethyl adjacent to an activating group) is 1. The van der Waals surface area contributed by atoms with Crippen LogP contribution in [-0.4, -0.2) is 41.5 Å². The van der Waals surface area contributed by atoms with Gasteiger partial charge in [-0.25, -0.2) is 4.79 Å². The second-order valence-electron chi connectivity index (χ2n) is 9.30. The van der Waals surface area contributed by atoms with Gasteiger partial charge in [-0.1, -0.05) is 55.7 Å². The molecule has 0 radical (unpaired) electrons. The number of fused-ring (bicyclic) bond motifs is 6. The van der Waals surface area contributed by atoms with E-state index < -0.39 is 5.54 Å². The van der Waals surface area contributed by atoms with E-state index in [-0.39, 0.29) is 18.0 Å². The lowest BCUT2D eigenvalue weighted by molar-refractivity contribution is -0.126. The normalized spacial score (nSPS) is 23.0. The minimum Gasteiger partial charge on any atom is -0.355 e. The number of urea groups is 1. The summed E-state index contributed by atoms with van der Waals surface area (Å²) in [7, 11) is 1.81. The smallest absolute Gasteiger partial charge is 0.319 e. The van der Waals surface area contributed by atoms with Gasteiger partial charge >= 0.3 is 6.03 Å². The number of para-hydroxylation sites is 2. The van der Waals surface area contributed by atoms with Gasteiger partial charge < -0.3 is 20.1 Å². The molecule has 2 aliphatic heterocycles. The minimum atomic E-state index is -1.17. The van der Waals surface area contributed by atoms with E-state index in [4.69, 9.17) is 0 Å². The largest absolute Gasteiger partial charge is 0.355 e. The zero-order valence-electron chi connectivity index (χ0n) is 18.4. The van der Waals surface area contributed by atoms with Crippen LogP contribution in [0, 0.1) is 0 Å². The third-order valence-electron chi connectivity index (χ3n) is 7.61. The lowest BCUT2D eigenvalue weighted by Gasteiger charge is -2.44. The van der Waals surface area contributed by atoms with Gasteiger partial charge in [0.25, 0.3) is 5.91 Å². The molecule has 1 aliphatic carbocycles. The topological polar surface area (TPSA) is 68.4 Å². The van der Waals surface area contributed by atoms with Crippen LogP contribution in [0.15, 0.2) is 48.5 Å². The van der Waals surface area contributed by atoms with Crippen molar-refractivity contribution in [1.29, 1.82) is 0 Å². The van der Waals surface area contributed by atoms with Crippen molar-refractivity contribution in [1.82, 2.24) is 15.2 Å². The number of benzene rings is 2. The molecule has 6 nitrogen and oxygen atoms in total. The van der Waals surface area contributed by atoms with E-state index in [0.717, 1.165) is 65.5 Å². The Balaban J connectivity index is 1.55. The molecule has 2 aromatic carbocycles. The van der Waals surface area contributed by atoms with Gasteiger partial charge in [-0.2, -0.15) is 0 Å². The van der Waals surface area contributed by atoms with Crippen LogP contribution in [0.25, 0.3) is 10.9 Å².